The Morgan fingerprint density at radius 3 is 2.71 bits per heavy atom. The van der Waals surface area contributed by atoms with Crippen LogP contribution in [-0.2, 0) is 9.59 Å². The Kier molecular flexibility index (Phi) is 7.72. The van der Waals surface area contributed by atoms with Gasteiger partial charge in [-0.1, -0.05) is 32.3 Å². The number of nitrogens with one attached hydrogen (secondary N) is 2. The molecule has 1 aliphatic heterocycles. The third-order valence-electron chi connectivity index (χ3n) is 5.96. The van der Waals surface area contributed by atoms with Gasteiger partial charge in [-0.25, -0.2) is 0 Å². The van der Waals surface area contributed by atoms with Crippen molar-refractivity contribution in [1.29, 1.82) is 0 Å². The summed E-state index contributed by atoms with van der Waals surface area (Å²) >= 11 is 0. The molecule has 1 aliphatic carbocycles. The number of rotatable bonds is 6. The SMILES string of the molecule is CCC1Oc2cc(C(C)NC(=O)CC3(CN)CCCCC3)ccc2NC1=O.Cl. The molecular formula is C21H32ClN3O3. The molecule has 0 radical (unpaired) electrons. The van der Waals surface area contributed by atoms with E-state index in [9.17, 15) is 9.59 Å². The first-order valence-electron chi connectivity index (χ1n) is 10.1. The van der Waals surface area contributed by atoms with Crippen LogP contribution in [0.4, 0.5) is 5.69 Å². The average molecular weight is 410 g/mol. The molecule has 2 atom stereocenters. The van der Waals surface area contributed by atoms with Crippen LogP contribution in [0.15, 0.2) is 18.2 Å². The molecule has 2 amide bonds. The zero-order valence-corrected chi connectivity index (χ0v) is 17.6. The fraction of sp³-hybridized carbons (Fsp3) is 0.619. The monoisotopic (exact) mass is 409 g/mol. The Morgan fingerprint density at radius 1 is 1.36 bits per heavy atom. The third-order valence-corrected chi connectivity index (χ3v) is 5.96. The van der Waals surface area contributed by atoms with Gasteiger partial charge in [0.25, 0.3) is 5.91 Å². The van der Waals surface area contributed by atoms with Crippen LogP contribution in [0.25, 0.3) is 0 Å². The van der Waals surface area contributed by atoms with Gasteiger partial charge in [0, 0.05) is 6.42 Å². The van der Waals surface area contributed by atoms with E-state index in [1.54, 1.807) is 0 Å². The maximum Gasteiger partial charge on any atom is 0.265 e. The summed E-state index contributed by atoms with van der Waals surface area (Å²) in [6.45, 7) is 4.45. The van der Waals surface area contributed by atoms with Crippen molar-refractivity contribution in [3.63, 3.8) is 0 Å². The highest BCUT2D eigenvalue weighted by molar-refractivity contribution is 5.97. The molecule has 156 valence electrons. The first kappa shape index (κ1) is 22.5. The largest absolute Gasteiger partial charge is 0.478 e. The maximum atomic E-state index is 12.6. The summed E-state index contributed by atoms with van der Waals surface area (Å²) < 4.78 is 5.80. The number of hydrogen-bond donors (Lipinski definition) is 3. The molecule has 4 N–H and O–H groups in total. The molecule has 0 saturated heterocycles. The van der Waals surface area contributed by atoms with Crippen molar-refractivity contribution in [1.82, 2.24) is 5.32 Å². The van der Waals surface area contributed by atoms with Crippen molar-refractivity contribution in [2.24, 2.45) is 11.1 Å². The first-order chi connectivity index (χ1) is 13.0. The van der Waals surface area contributed by atoms with Crippen LogP contribution < -0.4 is 21.1 Å². The second-order valence-corrected chi connectivity index (χ2v) is 7.99. The Labute approximate surface area is 173 Å². The average Bonchev–Trinajstić information content (AvgIpc) is 2.67. The lowest BCUT2D eigenvalue weighted by molar-refractivity contribution is -0.124. The molecule has 6 nitrogen and oxygen atoms in total. The summed E-state index contributed by atoms with van der Waals surface area (Å²) in [5.74, 6) is 0.595. The molecule has 1 aromatic carbocycles. The molecule has 1 heterocycles. The predicted octanol–water partition coefficient (Wildman–Crippen LogP) is 3.69. The highest BCUT2D eigenvalue weighted by Crippen LogP contribution is 2.38. The maximum absolute atomic E-state index is 12.6. The fourth-order valence-electron chi connectivity index (χ4n) is 4.17. The number of fused-ring (bicyclic) bond motifs is 1. The van der Waals surface area contributed by atoms with Crippen molar-refractivity contribution in [3.8, 4) is 5.75 Å². The molecule has 7 heteroatoms. The zero-order valence-electron chi connectivity index (χ0n) is 16.8. The molecule has 1 aromatic rings. The topological polar surface area (TPSA) is 93.4 Å². The van der Waals surface area contributed by atoms with Gasteiger partial charge < -0.3 is 21.1 Å². The summed E-state index contributed by atoms with van der Waals surface area (Å²) in [6.07, 6.45) is 6.27. The van der Waals surface area contributed by atoms with Crippen LogP contribution in [0.1, 0.15) is 70.4 Å². The fourth-order valence-corrected chi connectivity index (χ4v) is 4.17. The van der Waals surface area contributed by atoms with E-state index in [2.05, 4.69) is 10.6 Å². The van der Waals surface area contributed by atoms with E-state index in [0.29, 0.717) is 30.8 Å². The van der Waals surface area contributed by atoms with Gasteiger partial charge in [0.05, 0.1) is 11.7 Å². The number of ether oxygens (including phenoxy) is 1. The van der Waals surface area contributed by atoms with Crippen LogP contribution in [0, 0.1) is 5.41 Å². The molecule has 28 heavy (non-hydrogen) atoms. The van der Waals surface area contributed by atoms with Gasteiger partial charge in [0.15, 0.2) is 6.10 Å². The van der Waals surface area contributed by atoms with Crippen LogP contribution in [0.3, 0.4) is 0 Å². The van der Waals surface area contributed by atoms with E-state index >= 15 is 0 Å². The number of carbonyl (C=O) groups is 2. The highest BCUT2D eigenvalue weighted by Gasteiger charge is 2.33. The zero-order chi connectivity index (χ0) is 19.4. The molecule has 0 aromatic heterocycles. The minimum absolute atomic E-state index is 0. The number of amides is 2. The van der Waals surface area contributed by atoms with Crippen molar-refractivity contribution in [2.75, 3.05) is 11.9 Å². The van der Waals surface area contributed by atoms with E-state index in [1.165, 1.54) is 6.42 Å². The number of hydrogen-bond acceptors (Lipinski definition) is 4. The van der Waals surface area contributed by atoms with Crippen molar-refractivity contribution in [2.45, 2.75) is 70.9 Å². The predicted molar refractivity (Wildman–Crippen MR) is 113 cm³/mol. The Morgan fingerprint density at radius 2 is 2.07 bits per heavy atom. The summed E-state index contributed by atoms with van der Waals surface area (Å²) in [4.78, 5) is 24.5. The number of nitrogens with two attached hydrogens (primary N) is 1. The van der Waals surface area contributed by atoms with Crippen LogP contribution in [0.2, 0.25) is 0 Å². The third kappa shape index (κ3) is 4.97. The van der Waals surface area contributed by atoms with Gasteiger partial charge in [0.1, 0.15) is 5.75 Å². The van der Waals surface area contributed by atoms with E-state index in [-0.39, 0.29) is 35.7 Å². The van der Waals surface area contributed by atoms with Crippen LogP contribution in [-0.4, -0.2) is 24.5 Å². The smallest absolute Gasteiger partial charge is 0.265 e. The van der Waals surface area contributed by atoms with Gasteiger partial charge >= 0.3 is 0 Å². The lowest BCUT2D eigenvalue weighted by Gasteiger charge is -2.36. The lowest BCUT2D eigenvalue weighted by Crippen LogP contribution is -2.39. The number of carbonyl (C=O) groups excluding carboxylic acids is 2. The van der Waals surface area contributed by atoms with Gasteiger partial charge in [-0.15, -0.1) is 12.4 Å². The van der Waals surface area contributed by atoms with E-state index in [1.807, 2.05) is 32.0 Å². The van der Waals surface area contributed by atoms with Crippen LogP contribution in [0.5, 0.6) is 5.75 Å². The van der Waals surface area contributed by atoms with Crippen molar-refractivity contribution >= 4 is 29.9 Å². The molecular weight excluding hydrogens is 378 g/mol. The molecule has 1 fully saturated rings. The van der Waals surface area contributed by atoms with Gasteiger partial charge in [-0.2, -0.15) is 0 Å². The normalized spacial score (nSPS) is 21.4. The first-order valence-corrected chi connectivity index (χ1v) is 10.1. The number of halogens is 1. The summed E-state index contributed by atoms with van der Waals surface area (Å²) in [6, 6.07) is 5.52. The molecule has 0 bridgehead atoms. The summed E-state index contributed by atoms with van der Waals surface area (Å²) in [7, 11) is 0. The Balaban J connectivity index is 0.00000280. The van der Waals surface area contributed by atoms with Crippen molar-refractivity contribution < 1.29 is 14.3 Å². The molecule has 1 saturated carbocycles. The van der Waals surface area contributed by atoms with Crippen molar-refractivity contribution in [3.05, 3.63) is 23.8 Å². The molecule has 3 rings (SSSR count). The minimum atomic E-state index is -0.464. The van der Waals surface area contributed by atoms with Gasteiger partial charge in [-0.05, 0) is 55.8 Å². The minimum Gasteiger partial charge on any atom is -0.478 e. The standard InChI is InChI=1S/C21H31N3O3.ClH/c1-3-17-20(26)24-16-8-7-15(11-18(16)27-17)14(2)23-19(25)12-21(13-22)9-5-4-6-10-21;/h7-8,11,14,17H,3-6,9-10,12-13,22H2,1-2H3,(H,23,25)(H,24,26);1H. The Hall–Kier alpha value is -1.79. The van der Waals surface area contributed by atoms with Gasteiger partial charge in [-0.3, -0.25) is 9.59 Å². The molecule has 2 unspecified atom stereocenters. The quantitative estimate of drug-likeness (QED) is 0.667. The van der Waals surface area contributed by atoms with Crippen LogP contribution >= 0.6 is 12.4 Å². The van der Waals surface area contributed by atoms with E-state index < -0.39 is 6.10 Å². The summed E-state index contributed by atoms with van der Waals surface area (Å²) in [5, 5.41) is 5.98. The second-order valence-electron chi connectivity index (χ2n) is 7.99. The lowest BCUT2D eigenvalue weighted by atomic mass is 9.71. The van der Waals surface area contributed by atoms with E-state index in [4.69, 9.17) is 10.5 Å². The highest BCUT2D eigenvalue weighted by atomic mass is 35.5. The van der Waals surface area contributed by atoms with E-state index in [0.717, 1.165) is 31.2 Å². The molecule has 0 spiro atoms. The Bertz CT molecular complexity index is 704. The number of benzene rings is 1. The number of anilines is 1. The second kappa shape index (κ2) is 9.61. The summed E-state index contributed by atoms with van der Waals surface area (Å²) in [5.41, 5.74) is 7.60. The molecule has 2 aliphatic rings. The van der Waals surface area contributed by atoms with Gasteiger partial charge in [0.2, 0.25) is 5.91 Å².